The minimum Gasteiger partial charge on any atom is -0.425 e. The molecule has 0 aromatic rings. The number of hydrogen-bond acceptors (Lipinski definition) is 1. The van der Waals surface area contributed by atoms with Crippen molar-refractivity contribution in [1.82, 2.24) is 0 Å². The van der Waals surface area contributed by atoms with Crippen molar-refractivity contribution >= 4 is 22.1 Å². The highest BCUT2D eigenvalue weighted by atomic mass is 35.5. The first-order valence-corrected chi connectivity index (χ1v) is 4.25. The molecule has 0 radical (unpaired) electrons. The lowest BCUT2D eigenvalue weighted by Gasteiger charge is -2.06. The fourth-order valence-corrected chi connectivity index (χ4v) is 0.872. The van der Waals surface area contributed by atoms with Gasteiger partial charge in [-0.15, -0.1) is 11.6 Å². The van der Waals surface area contributed by atoms with Crippen LogP contribution in [0.1, 0.15) is 19.8 Å². The summed E-state index contributed by atoms with van der Waals surface area (Å²) in [6.45, 7) is 2.08. The number of rotatable bonds is 4. The maximum atomic E-state index is 5.46. The van der Waals surface area contributed by atoms with Crippen LogP contribution in [-0.2, 0) is 4.43 Å². The van der Waals surface area contributed by atoms with E-state index in [9.17, 15) is 0 Å². The van der Waals surface area contributed by atoms with Crippen molar-refractivity contribution in [2.45, 2.75) is 25.9 Å². The fraction of sp³-hybridized carbons (Fsp3) is 1.00. The highest BCUT2D eigenvalue weighted by molar-refractivity contribution is 6.17. The molecule has 0 aliphatic carbocycles. The number of alkyl halides is 1. The van der Waals surface area contributed by atoms with Crippen molar-refractivity contribution in [2.75, 3.05) is 5.88 Å². The third-order valence-electron chi connectivity index (χ3n) is 1.15. The van der Waals surface area contributed by atoms with E-state index in [2.05, 4.69) is 6.92 Å². The minimum absolute atomic E-state index is 0.431. The molecule has 0 bridgehead atoms. The van der Waals surface area contributed by atoms with Crippen LogP contribution >= 0.6 is 11.6 Å². The number of hydrogen-bond donors (Lipinski definition) is 0. The second-order valence-electron chi connectivity index (χ2n) is 1.88. The van der Waals surface area contributed by atoms with Crippen molar-refractivity contribution in [3.8, 4) is 0 Å². The molecule has 0 N–H and O–H groups in total. The topological polar surface area (TPSA) is 9.23 Å². The minimum atomic E-state index is 0.431. The van der Waals surface area contributed by atoms with E-state index in [0.717, 1.165) is 29.2 Å². The SMILES string of the molecule is CC(CCCCl)O[SiH3]. The van der Waals surface area contributed by atoms with E-state index in [0.29, 0.717) is 6.10 Å². The molecule has 3 heteroatoms. The zero-order valence-electron chi connectivity index (χ0n) is 5.48. The second-order valence-corrected chi connectivity index (χ2v) is 2.73. The van der Waals surface area contributed by atoms with Gasteiger partial charge in [-0.25, -0.2) is 0 Å². The van der Waals surface area contributed by atoms with Gasteiger partial charge in [0.25, 0.3) is 0 Å². The molecular formula is C5H13ClOSi. The maximum Gasteiger partial charge on any atom is 0.146 e. The Morgan fingerprint density at radius 1 is 1.75 bits per heavy atom. The molecule has 0 aromatic heterocycles. The van der Waals surface area contributed by atoms with Crippen LogP contribution in [-0.4, -0.2) is 22.5 Å². The monoisotopic (exact) mass is 152 g/mol. The van der Waals surface area contributed by atoms with E-state index in [-0.39, 0.29) is 0 Å². The summed E-state index contributed by atoms with van der Waals surface area (Å²) in [5.41, 5.74) is 0. The van der Waals surface area contributed by atoms with Gasteiger partial charge in [0.2, 0.25) is 0 Å². The zero-order valence-corrected chi connectivity index (χ0v) is 8.24. The van der Waals surface area contributed by atoms with Gasteiger partial charge in [0.05, 0.1) is 0 Å². The fourth-order valence-electron chi connectivity index (χ4n) is 0.482. The van der Waals surface area contributed by atoms with E-state index in [1.807, 2.05) is 0 Å². The lowest BCUT2D eigenvalue weighted by Crippen LogP contribution is -2.04. The van der Waals surface area contributed by atoms with Gasteiger partial charge in [0.1, 0.15) is 10.5 Å². The lowest BCUT2D eigenvalue weighted by atomic mass is 10.2. The standard InChI is InChI=1S/C5H13ClOSi/c1-5(7-8)3-2-4-6/h5H,2-4H2,1,8H3. The van der Waals surface area contributed by atoms with Gasteiger partial charge in [-0.2, -0.15) is 0 Å². The summed E-state index contributed by atoms with van der Waals surface area (Å²) in [7, 11) is 0.847. The van der Waals surface area contributed by atoms with Gasteiger partial charge in [0, 0.05) is 12.0 Å². The quantitative estimate of drug-likeness (QED) is 0.426. The molecule has 0 heterocycles. The van der Waals surface area contributed by atoms with E-state index in [1.165, 1.54) is 0 Å². The van der Waals surface area contributed by atoms with E-state index >= 15 is 0 Å². The van der Waals surface area contributed by atoms with Crippen LogP contribution in [0.25, 0.3) is 0 Å². The Bertz CT molecular complexity index is 51.7. The van der Waals surface area contributed by atoms with Gasteiger partial charge in [-0.1, -0.05) is 0 Å². The number of halogens is 1. The van der Waals surface area contributed by atoms with Crippen molar-refractivity contribution in [3.63, 3.8) is 0 Å². The summed E-state index contributed by atoms with van der Waals surface area (Å²) < 4.78 is 5.13. The molecule has 0 saturated carbocycles. The molecule has 50 valence electrons. The largest absolute Gasteiger partial charge is 0.425 e. The molecule has 0 aromatic carbocycles. The summed E-state index contributed by atoms with van der Waals surface area (Å²) in [5.74, 6) is 0.759. The molecule has 0 saturated heterocycles. The van der Waals surface area contributed by atoms with Gasteiger partial charge in [-0.05, 0) is 19.8 Å². The predicted molar refractivity (Wildman–Crippen MR) is 40.4 cm³/mol. The first-order chi connectivity index (χ1) is 3.81. The Balaban J connectivity index is 2.86. The third kappa shape index (κ3) is 4.62. The Hall–Kier alpha value is 0.467. The molecule has 0 spiro atoms. The van der Waals surface area contributed by atoms with Gasteiger partial charge in [-0.3, -0.25) is 0 Å². The molecule has 1 nitrogen and oxygen atoms in total. The van der Waals surface area contributed by atoms with Crippen LogP contribution in [0.15, 0.2) is 0 Å². The zero-order chi connectivity index (χ0) is 6.41. The normalized spacial score (nSPS) is 14.2. The summed E-state index contributed by atoms with van der Waals surface area (Å²) >= 11 is 5.46. The molecule has 0 fully saturated rings. The van der Waals surface area contributed by atoms with E-state index in [1.54, 1.807) is 0 Å². The molecule has 1 atom stereocenters. The van der Waals surface area contributed by atoms with Crippen LogP contribution in [0, 0.1) is 0 Å². The van der Waals surface area contributed by atoms with Crippen LogP contribution in [0.3, 0.4) is 0 Å². The van der Waals surface area contributed by atoms with Gasteiger partial charge >= 0.3 is 0 Å². The first kappa shape index (κ1) is 8.47. The summed E-state index contributed by atoms with van der Waals surface area (Å²) in [5, 5.41) is 0. The second kappa shape index (κ2) is 5.60. The summed E-state index contributed by atoms with van der Waals surface area (Å²) in [6, 6.07) is 0. The molecule has 0 amide bonds. The van der Waals surface area contributed by atoms with Crippen molar-refractivity contribution in [1.29, 1.82) is 0 Å². The maximum absolute atomic E-state index is 5.46. The van der Waals surface area contributed by atoms with E-state index in [4.69, 9.17) is 16.0 Å². The highest BCUT2D eigenvalue weighted by Gasteiger charge is 1.94. The van der Waals surface area contributed by atoms with Gasteiger partial charge < -0.3 is 4.43 Å². The van der Waals surface area contributed by atoms with Gasteiger partial charge in [0.15, 0.2) is 0 Å². The lowest BCUT2D eigenvalue weighted by molar-refractivity contribution is 0.231. The third-order valence-corrected chi connectivity index (χ3v) is 2.22. The van der Waals surface area contributed by atoms with Crippen LogP contribution < -0.4 is 0 Å². The average molecular weight is 153 g/mol. The molecule has 1 unspecified atom stereocenters. The summed E-state index contributed by atoms with van der Waals surface area (Å²) in [6.07, 6.45) is 2.61. The molecule has 8 heavy (non-hydrogen) atoms. The average Bonchev–Trinajstić information content (AvgIpc) is 1.83. The van der Waals surface area contributed by atoms with Crippen molar-refractivity contribution < 1.29 is 4.43 Å². The Morgan fingerprint density at radius 3 is 2.75 bits per heavy atom. The van der Waals surface area contributed by atoms with Crippen LogP contribution in [0.2, 0.25) is 0 Å². The summed E-state index contributed by atoms with van der Waals surface area (Å²) in [4.78, 5) is 0. The van der Waals surface area contributed by atoms with Crippen LogP contribution in [0.5, 0.6) is 0 Å². The van der Waals surface area contributed by atoms with E-state index < -0.39 is 0 Å². The molecule has 0 aliphatic heterocycles. The van der Waals surface area contributed by atoms with Crippen molar-refractivity contribution in [3.05, 3.63) is 0 Å². The molecule has 0 aliphatic rings. The predicted octanol–water partition coefficient (Wildman–Crippen LogP) is 0.691. The Labute approximate surface area is 58.9 Å². The molecular weight excluding hydrogens is 140 g/mol. The molecule has 0 rings (SSSR count). The smallest absolute Gasteiger partial charge is 0.146 e. The first-order valence-electron chi connectivity index (χ1n) is 2.90. The Kier molecular flexibility index (Phi) is 5.93. The highest BCUT2D eigenvalue weighted by Crippen LogP contribution is 1.99. The van der Waals surface area contributed by atoms with Crippen molar-refractivity contribution in [2.24, 2.45) is 0 Å². The van der Waals surface area contributed by atoms with Crippen LogP contribution in [0.4, 0.5) is 0 Å². The Morgan fingerprint density at radius 2 is 2.38 bits per heavy atom.